The largest absolute Gasteiger partial charge is 0.352 e. The first kappa shape index (κ1) is 15.6. The molecule has 1 N–H and O–H groups in total. The van der Waals surface area contributed by atoms with Crippen molar-refractivity contribution in [1.82, 2.24) is 15.3 Å². The highest BCUT2D eigenvalue weighted by Crippen LogP contribution is 2.22. The molecule has 0 bridgehead atoms. The number of rotatable bonds is 7. The van der Waals surface area contributed by atoms with Crippen molar-refractivity contribution in [2.45, 2.75) is 32.2 Å². The maximum atomic E-state index is 11.8. The minimum absolute atomic E-state index is 0.0955. The molecular formula is C18H19N3OS. The second kappa shape index (κ2) is 7.83. The fourth-order valence-electron chi connectivity index (χ4n) is 2.38. The third-order valence-electron chi connectivity index (χ3n) is 3.60. The van der Waals surface area contributed by atoms with E-state index < -0.39 is 0 Å². The van der Waals surface area contributed by atoms with Crippen LogP contribution in [0.5, 0.6) is 0 Å². The first-order chi connectivity index (χ1) is 11.3. The van der Waals surface area contributed by atoms with Crippen molar-refractivity contribution in [3.63, 3.8) is 0 Å². The highest BCUT2D eigenvalue weighted by Gasteiger charge is 2.05. The zero-order chi connectivity index (χ0) is 15.9. The highest BCUT2D eigenvalue weighted by atomic mass is 32.1. The molecule has 23 heavy (non-hydrogen) atoms. The number of aryl methyl sites for hydroxylation is 1. The van der Waals surface area contributed by atoms with Gasteiger partial charge in [0.2, 0.25) is 5.91 Å². The average molecular weight is 325 g/mol. The van der Waals surface area contributed by atoms with Gasteiger partial charge in [0.05, 0.1) is 15.2 Å². The van der Waals surface area contributed by atoms with Crippen LogP contribution in [0.4, 0.5) is 0 Å². The van der Waals surface area contributed by atoms with Crippen LogP contribution in [0.25, 0.3) is 10.2 Å². The molecule has 2 heterocycles. The summed E-state index contributed by atoms with van der Waals surface area (Å²) in [4.78, 5) is 20.5. The number of hydrogen-bond acceptors (Lipinski definition) is 4. The number of carbonyl (C=O) groups excluding carboxylic acids is 1. The summed E-state index contributed by atoms with van der Waals surface area (Å²) in [7, 11) is 0. The summed E-state index contributed by atoms with van der Waals surface area (Å²) in [5.74, 6) is 0.0955. The Morgan fingerprint density at radius 1 is 1.13 bits per heavy atom. The molecule has 0 saturated heterocycles. The molecule has 1 amide bonds. The van der Waals surface area contributed by atoms with Crippen molar-refractivity contribution in [3.8, 4) is 0 Å². The summed E-state index contributed by atoms with van der Waals surface area (Å²) in [6, 6.07) is 12.0. The molecule has 4 nitrogen and oxygen atoms in total. The fraction of sp³-hybridized carbons (Fsp3) is 0.278. The van der Waals surface area contributed by atoms with Crippen LogP contribution in [0.15, 0.2) is 48.8 Å². The molecule has 0 unspecified atom stereocenters. The first-order valence-electron chi connectivity index (χ1n) is 7.81. The van der Waals surface area contributed by atoms with E-state index in [1.165, 1.54) is 4.70 Å². The van der Waals surface area contributed by atoms with Crippen LogP contribution >= 0.6 is 11.3 Å². The Morgan fingerprint density at radius 2 is 2.04 bits per heavy atom. The van der Waals surface area contributed by atoms with Crippen LogP contribution in [-0.2, 0) is 17.8 Å². The van der Waals surface area contributed by atoms with E-state index in [1.54, 1.807) is 23.7 Å². The lowest BCUT2D eigenvalue weighted by Gasteiger charge is -2.04. The van der Waals surface area contributed by atoms with Crippen molar-refractivity contribution in [1.29, 1.82) is 0 Å². The van der Waals surface area contributed by atoms with Gasteiger partial charge in [0.25, 0.3) is 0 Å². The van der Waals surface area contributed by atoms with Gasteiger partial charge in [0.1, 0.15) is 0 Å². The number of unbranched alkanes of at least 4 members (excludes halogenated alkanes) is 1. The normalized spacial score (nSPS) is 10.8. The van der Waals surface area contributed by atoms with Crippen molar-refractivity contribution in [2.75, 3.05) is 0 Å². The van der Waals surface area contributed by atoms with Crippen LogP contribution in [0.2, 0.25) is 0 Å². The third kappa shape index (κ3) is 4.60. The number of fused-ring (bicyclic) bond motifs is 1. The van der Waals surface area contributed by atoms with E-state index in [1.807, 2.05) is 30.3 Å². The zero-order valence-corrected chi connectivity index (χ0v) is 13.7. The van der Waals surface area contributed by atoms with E-state index in [2.05, 4.69) is 21.4 Å². The van der Waals surface area contributed by atoms with Crippen LogP contribution < -0.4 is 5.32 Å². The summed E-state index contributed by atoms with van der Waals surface area (Å²) in [5.41, 5.74) is 2.09. The molecule has 0 aliphatic heterocycles. The lowest BCUT2D eigenvalue weighted by atomic mass is 10.2. The molecule has 0 saturated carbocycles. The van der Waals surface area contributed by atoms with E-state index in [9.17, 15) is 4.79 Å². The molecule has 3 rings (SSSR count). The van der Waals surface area contributed by atoms with Crippen molar-refractivity contribution >= 4 is 27.5 Å². The standard InChI is InChI=1S/C18H19N3OS/c22-17(20-13-14-6-5-11-19-12-14)9-3-4-10-18-21-15-7-1-2-8-16(15)23-18/h1-2,5-8,11-12H,3-4,9-10,13H2,(H,20,22). The number of benzene rings is 1. The van der Waals surface area contributed by atoms with Crippen LogP contribution in [0, 0.1) is 0 Å². The highest BCUT2D eigenvalue weighted by molar-refractivity contribution is 7.18. The second-order valence-electron chi connectivity index (χ2n) is 5.42. The first-order valence-corrected chi connectivity index (χ1v) is 8.63. The maximum absolute atomic E-state index is 11.8. The van der Waals surface area contributed by atoms with Crippen LogP contribution in [0.3, 0.4) is 0 Å². The molecule has 0 atom stereocenters. The minimum Gasteiger partial charge on any atom is -0.352 e. The smallest absolute Gasteiger partial charge is 0.220 e. The number of thiazole rings is 1. The number of hydrogen-bond donors (Lipinski definition) is 1. The van der Waals surface area contributed by atoms with E-state index in [0.717, 1.165) is 35.4 Å². The molecule has 0 radical (unpaired) electrons. The summed E-state index contributed by atoms with van der Waals surface area (Å²) in [5, 5.41) is 4.08. The second-order valence-corrected chi connectivity index (χ2v) is 6.54. The van der Waals surface area contributed by atoms with Gasteiger partial charge in [-0.3, -0.25) is 9.78 Å². The number of nitrogens with one attached hydrogen (secondary N) is 1. The van der Waals surface area contributed by atoms with Gasteiger partial charge >= 0.3 is 0 Å². The molecule has 2 aromatic heterocycles. The molecule has 0 spiro atoms. The predicted molar refractivity (Wildman–Crippen MR) is 93.3 cm³/mol. The number of para-hydroxylation sites is 1. The predicted octanol–water partition coefficient (Wildman–Crippen LogP) is 3.72. The number of amides is 1. The molecular weight excluding hydrogens is 306 g/mol. The topological polar surface area (TPSA) is 54.9 Å². The number of aromatic nitrogens is 2. The minimum atomic E-state index is 0.0955. The van der Waals surface area contributed by atoms with E-state index in [-0.39, 0.29) is 5.91 Å². The van der Waals surface area contributed by atoms with Crippen molar-refractivity contribution in [3.05, 3.63) is 59.4 Å². The number of pyridine rings is 1. The van der Waals surface area contributed by atoms with Crippen LogP contribution in [-0.4, -0.2) is 15.9 Å². The Hall–Kier alpha value is -2.27. The van der Waals surface area contributed by atoms with Crippen molar-refractivity contribution < 1.29 is 4.79 Å². The van der Waals surface area contributed by atoms with Gasteiger partial charge in [-0.15, -0.1) is 11.3 Å². The summed E-state index contributed by atoms with van der Waals surface area (Å²) in [6.45, 7) is 0.546. The van der Waals surface area contributed by atoms with Gasteiger partial charge in [0.15, 0.2) is 0 Å². The average Bonchev–Trinajstić information content (AvgIpc) is 3.00. The SMILES string of the molecule is O=C(CCCCc1nc2ccccc2s1)NCc1cccnc1. The Labute approximate surface area is 139 Å². The molecule has 3 aromatic rings. The quantitative estimate of drug-likeness (QED) is 0.674. The fourth-order valence-corrected chi connectivity index (χ4v) is 3.39. The van der Waals surface area contributed by atoms with Gasteiger partial charge in [-0.05, 0) is 43.0 Å². The monoisotopic (exact) mass is 325 g/mol. The molecule has 0 aliphatic rings. The summed E-state index contributed by atoms with van der Waals surface area (Å²) >= 11 is 1.75. The number of nitrogens with zero attached hydrogens (tertiary/aromatic N) is 2. The van der Waals surface area contributed by atoms with E-state index in [4.69, 9.17) is 0 Å². The van der Waals surface area contributed by atoms with Gasteiger partial charge < -0.3 is 5.32 Å². The van der Waals surface area contributed by atoms with Gasteiger partial charge in [-0.2, -0.15) is 0 Å². The summed E-state index contributed by atoms with van der Waals surface area (Å²) < 4.78 is 1.23. The molecule has 0 fully saturated rings. The van der Waals surface area contributed by atoms with Crippen molar-refractivity contribution in [2.24, 2.45) is 0 Å². The number of carbonyl (C=O) groups is 1. The van der Waals surface area contributed by atoms with E-state index in [0.29, 0.717) is 13.0 Å². The Bertz CT molecular complexity index is 737. The molecule has 0 aliphatic carbocycles. The Morgan fingerprint density at radius 3 is 2.87 bits per heavy atom. The van der Waals surface area contributed by atoms with Gasteiger partial charge in [0, 0.05) is 25.4 Å². The van der Waals surface area contributed by atoms with E-state index >= 15 is 0 Å². The molecule has 1 aromatic carbocycles. The molecule has 5 heteroatoms. The zero-order valence-electron chi connectivity index (χ0n) is 12.9. The van der Waals surface area contributed by atoms with Gasteiger partial charge in [-0.1, -0.05) is 18.2 Å². The molecule has 118 valence electrons. The Kier molecular flexibility index (Phi) is 5.32. The Balaban J connectivity index is 1.37. The maximum Gasteiger partial charge on any atom is 0.220 e. The third-order valence-corrected chi connectivity index (χ3v) is 4.69. The summed E-state index contributed by atoms with van der Waals surface area (Å²) in [6.07, 6.45) is 6.87. The lowest BCUT2D eigenvalue weighted by molar-refractivity contribution is -0.121. The van der Waals surface area contributed by atoms with Gasteiger partial charge in [-0.25, -0.2) is 4.98 Å². The van der Waals surface area contributed by atoms with Crippen LogP contribution in [0.1, 0.15) is 29.8 Å². The lowest BCUT2D eigenvalue weighted by Crippen LogP contribution is -2.22.